The van der Waals surface area contributed by atoms with Gasteiger partial charge in [-0.15, -0.1) is 0 Å². The molecule has 18 atom stereocenters. The van der Waals surface area contributed by atoms with Gasteiger partial charge in [0, 0.05) is 82.2 Å². The summed E-state index contributed by atoms with van der Waals surface area (Å²) < 4.78 is 51.9. The minimum absolute atomic E-state index is 0.00927. The number of esters is 2. The predicted molar refractivity (Wildman–Crippen MR) is 283 cm³/mol. The number of aliphatic hydroxyl groups excluding tert-OH is 2. The fraction of sp³-hybridized carbons (Fsp3) is 0.759. The summed E-state index contributed by atoms with van der Waals surface area (Å²) in [5.41, 5.74) is -5.51. The van der Waals surface area contributed by atoms with Crippen LogP contribution in [0, 0.1) is 23.7 Å². The van der Waals surface area contributed by atoms with E-state index in [2.05, 4.69) is 10.5 Å². The maximum atomic E-state index is 14.5. The molecule has 1 aromatic carbocycles. The summed E-state index contributed by atoms with van der Waals surface area (Å²) in [6.07, 6.45) is -9.27. The number of fused-ring (bicyclic) bond motifs is 1. The molecule has 0 amide bonds. The van der Waals surface area contributed by atoms with E-state index in [-0.39, 0.29) is 67.6 Å². The molecule has 2 aromatic rings. The fourth-order valence-corrected chi connectivity index (χ4v) is 11.4. The lowest BCUT2D eigenvalue weighted by molar-refractivity contribution is -0.318. The fourth-order valence-electron chi connectivity index (χ4n) is 11.4. The maximum Gasteiger partial charge on any atom is 0.341 e. The Morgan fingerprint density at radius 2 is 1.61 bits per heavy atom. The average molecular weight is 1090 g/mol. The van der Waals surface area contributed by atoms with Gasteiger partial charge < -0.3 is 83.9 Å². The first kappa shape index (κ1) is 63.3. The molecule has 4 heterocycles. The Balaban J connectivity index is 1.35. The van der Waals surface area contributed by atoms with Crippen molar-refractivity contribution in [2.24, 2.45) is 28.8 Å². The molecule has 0 radical (unpaired) electrons. The van der Waals surface area contributed by atoms with Crippen molar-refractivity contribution >= 4 is 34.5 Å². The molecule has 5 rings (SSSR count). The van der Waals surface area contributed by atoms with E-state index in [4.69, 9.17) is 37.9 Å². The highest BCUT2D eigenvalue weighted by molar-refractivity contribution is 5.93. The van der Waals surface area contributed by atoms with Gasteiger partial charge in [0.2, 0.25) is 5.43 Å². The number of hydrogen-bond acceptors (Lipinski definition) is 21. The summed E-state index contributed by atoms with van der Waals surface area (Å²) in [5.74, 6) is -6.03. The van der Waals surface area contributed by atoms with Gasteiger partial charge in [-0.05, 0) is 87.0 Å². The molecule has 3 saturated heterocycles. The maximum absolute atomic E-state index is 14.5. The number of cyclic esters (lactones) is 1. The molecule has 0 bridgehead atoms. The highest BCUT2D eigenvalue weighted by Crippen LogP contribution is 2.42. The van der Waals surface area contributed by atoms with Crippen LogP contribution in [0.3, 0.4) is 0 Å². The molecular formula is C54H87N5O18. The van der Waals surface area contributed by atoms with Gasteiger partial charge >= 0.3 is 17.9 Å². The summed E-state index contributed by atoms with van der Waals surface area (Å²) in [7, 11) is 8.57. The number of likely N-dealkylation sites (N-methyl/N-ethyl adjacent to an activating group) is 1. The van der Waals surface area contributed by atoms with Gasteiger partial charge in [-0.1, -0.05) is 32.9 Å². The van der Waals surface area contributed by atoms with Crippen LogP contribution in [0.5, 0.6) is 5.75 Å². The second-order valence-corrected chi connectivity index (χ2v) is 22.5. The zero-order valence-electron chi connectivity index (χ0n) is 47.5. The van der Waals surface area contributed by atoms with E-state index >= 15 is 0 Å². The summed E-state index contributed by atoms with van der Waals surface area (Å²) in [5, 5.41) is 76.6. The number of hydrogen-bond donors (Lipinski definition) is 7. The third-order valence-electron chi connectivity index (χ3n) is 15.9. The topological polar surface area (TPSA) is 299 Å². The van der Waals surface area contributed by atoms with E-state index in [9.17, 15) is 49.9 Å². The second-order valence-electron chi connectivity index (χ2n) is 22.5. The van der Waals surface area contributed by atoms with E-state index in [1.54, 1.807) is 84.4 Å². The lowest BCUT2D eigenvalue weighted by Gasteiger charge is -2.49. The Morgan fingerprint density at radius 3 is 2.21 bits per heavy atom. The summed E-state index contributed by atoms with van der Waals surface area (Å²) >= 11 is 0. The number of aliphatic hydroxyl groups is 4. The number of rotatable bonds is 17. The van der Waals surface area contributed by atoms with Crippen molar-refractivity contribution in [3.63, 3.8) is 0 Å². The van der Waals surface area contributed by atoms with Crippen molar-refractivity contribution in [2.75, 3.05) is 60.0 Å². The quantitative estimate of drug-likeness (QED) is 0.0519. The van der Waals surface area contributed by atoms with Gasteiger partial charge in [-0.2, -0.15) is 0 Å². The smallest absolute Gasteiger partial charge is 0.341 e. The number of carbonyl (C=O) groups is 3. The number of carboxylic acids is 1. The number of aromatic nitrogens is 1. The zero-order valence-corrected chi connectivity index (χ0v) is 47.5. The molecule has 1 aromatic heterocycles. The number of carboxylic acid groups (broad SMARTS) is 1. The van der Waals surface area contributed by atoms with E-state index in [0.29, 0.717) is 24.2 Å². The molecular weight excluding hydrogens is 1010 g/mol. The van der Waals surface area contributed by atoms with Gasteiger partial charge in [0.25, 0.3) is 0 Å². The Kier molecular flexibility index (Phi) is 21.5. The molecule has 436 valence electrons. The average Bonchev–Trinajstić information content (AvgIpc) is 3.35. The van der Waals surface area contributed by atoms with Crippen LogP contribution in [0.1, 0.15) is 112 Å². The molecule has 0 aliphatic carbocycles. The molecule has 3 fully saturated rings. The summed E-state index contributed by atoms with van der Waals surface area (Å²) in [6.45, 7) is 17.2. The molecule has 23 nitrogen and oxygen atoms in total. The van der Waals surface area contributed by atoms with Gasteiger partial charge in [0.1, 0.15) is 41.3 Å². The molecule has 77 heavy (non-hydrogen) atoms. The first-order valence-electron chi connectivity index (χ1n) is 26.6. The van der Waals surface area contributed by atoms with Crippen molar-refractivity contribution in [2.45, 2.75) is 186 Å². The lowest BCUT2D eigenvalue weighted by atomic mass is 9.73. The largest absolute Gasteiger partial charge is 0.492 e. The molecule has 3 aliphatic heterocycles. The van der Waals surface area contributed by atoms with Crippen molar-refractivity contribution in [3.8, 4) is 5.75 Å². The number of oxime groups is 1. The third kappa shape index (κ3) is 14.5. The normalized spacial score (nSPS) is 37.3. The summed E-state index contributed by atoms with van der Waals surface area (Å²) in [4.78, 5) is 54.4. The zero-order chi connectivity index (χ0) is 57.6. The Bertz CT molecular complexity index is 2420. The van der Waals surface area contributed by atoms with E-state index in [1.807, 2.05) is 25.9 Å². The van der Waals surface area contributed by atoms with E-state index in [0.717, 1.165) is 0 Å². The minimum Gasteiger partial charge on any atom is -0.492 e. The van der Waals surface area contributed by atoms with Gasteiger partial charge in [-0.25, -0.2) is 4.79 Å². The van der Waals surface area contributed by atoms with Gasteiger partial charge in [-0.3, -0.25) is 19.1 Å². The molecule has 0 saturated carbocycles. The van der Waals surface area contributed by atoms with Crippen molar-refractivity contribution in [1.29, 1.82) is 0 Å². The van der Waals surface area contributed by atoms with E-state index < -0.39 is 119 Å². The number of methoxy groups -OCH3 is 1. The van der Waals surface area contributed by atoms with Crippen LogP contribution < -0.4 is 20.5 Å². The van der Waals surface area contributed by atoms with Crippen molar-refractivity contribution in [1.82, 2.24) is 14.9 Å². The molecule has 23 heteroatoms. The number of aromatic carboxylic acids is 1. The SMILES string of the molecule is CC[C@H]1OC(=O)[C@H](C)[C@@H](O[C@H]2C[C@@](C)(OC)[C@@H](OC(=O)CCNCCOc3ccc4c(=O)c(C(=O)O)cn(N(C)C)c4c3)[C@H](C)O2)[C@H](C)[C@@H](O[C@@H]2O[C@H](C)C[C@H](N(C)C)[C@H]2O)[C@](C)(O)C[C@@H](C)/C(=N\O)C(C)[C@@H](O)[C@]1(C)O. The molecule has 3 aliphatic rings. The predicted octanol–water partition coefficient (Wildman–Crippen LogP) is 2.87. The molecule has 1 unspecified atom stereocenters. The highest BCUT2D eigenvalue weighted by atomic mass is 16.7. The van der Waals surface area contributed by atoms with Gasteiger partial charge in [0.15, 0.2) is 18.7 Å². The van der Waals surface area contributed by atoms with Crippen LogP contribution in [-0.4, -0.2) is 203 Å². The Hall–Kier alpha value is -4.53. The molecule has 0 spiro atoms. The van der Waals surface area contributed by atoms with Crippen LogP contribution in [0.2, 0.25) is 0 Å². The lowest BCUT2D eigenvalue weighted by Crippen LogP contribution is -2.61. The number of ether oxygens (including phenoxy) is 8. The van der Waals surface area contributed by atoms with Gasteiger partial charge in [0.05, 0.1) is 59.7 Å². The number of pyridine rings is 1. The van der Waals surface area contributed by atoms with Crippen LogP contribution >= 0.6 is 0 Å². The Morgan fingerprint density at radius 1 is 0.935 bits per heavy atom. The molecule has 7 N–H and O–H groups in total. The van der Waals surface area contributed by atoms with Crippen molar-refractivity contribution < 1.29 is 83.0 Å². The standard InChI is InChI=1S/C54H87N5O18/c1-16-39-54(10,68)46(63)30(4)42(56-69)28(2)25-52(8,67)47(77-51-44(62)38(57(11)12)23-29(3)72-51)31(5)45(32(6)50(66)74-39)76-41-26-53(9,70-15)48(33(7)73-41)75-40(60)19-20-55-21-22-71-34-17-18-35-37(24-34)59(58(13)14)27-36(43(35)61)49(64)65/h17-18,24,27-33,38-39,41,44-48,51,55,62-63,67-69H,16,19-23,25-26H2,1-15H3,(H,64,65)/b56-42+/t28-,29-,30?,31+,32-,33+,38+,39-,41+,44-,45+,46-,47-,48+,51+,52-,53-,54-/m1/s1. The third-order valence-corrected chi connectivity index (χ3v) is 15.9. The first-order valence-corrected chi connectivity index (χ1v) is 26.6. The summed E-state index contributed by atoms with van der Waals surface area (Å²) in [6, 6.07) is 4.38. The monoisotopic (exact) mass is 1090 g/mol. The first-order chi connectivity index (χ1) is 35.9. The number of benzene rings is 1. The van der Waals surface area contributed by atoms with E-state index in [1.165, 1.54) is 33.2 Å². The second kappa shape index (κ2) is 26.2. The van der Waals surface area contributed by atoms with Crippen LogP contribution in [0.4, 0.5) is 0 Å². The van der Waals surface area contributed by atoms with Crippen LogP contribution in [-0.2, 0) is 42.7 Å². The number of carbonyl (C=O) groups excluding carboxylic acids is 2. The number of nitrogens with one attached hydrogen (secondary N) is 1. The van der Waals surface area contributed by atoms with Crippen molar-refractivity contribution in [3.05, 3.63) is 40.2 Å². The minimum atomic E-state index is -2.04. The number of nitrogens with zero attached hydrogens (tertiary/aromatic N) is 4. The van der Waals surface area contributed by atoms with Crippen LogP contribution in [0.25, 0.3) is 10.9 Å². The Labute approximate surface area is 451 Å². The highest BCUT2D eigenvalue weighted by Gasteiger charge is 2.54. The van der Waals surface area contributed by atoms with Crippen LogP contribution in [0.15, 0.2) is 34.3 Å².